The van der Waals surface area contributed by atoms with Crippen LogP contribution in [0.3, 0.4) is 0 Å². The van der Waals surface area contributed by atoms with Crippen LogP contribution in [0.5, 0.6) is 5.75 Å². The van der Waals surface area contributed by atoms with Crippen LogP contribution in [0.15, 0.2) is 18.3 Å². The molecule has 1 atom stereocenters. The molecule has 31 heavy (non-hydrogen) atoms. The first-order valence-electron chi connectivity index (χ1n) is 10.4. The average Bonchev–Trinajstić information content (AvgIpc) is 3.13. The number of rotatable bonds is 11. The van der Waals surface area contributed by atoms with Gasteiger partial charge in [-0.15, -0.1) is 0 Å². The number of methoxy groups -OCH3 is 1. The van der Waals surface area contributed by atoms with Crippen molar-refractivity contribution in [2.75, 3.05) is 31.8 Å². The predicted molar refractivity (Wildman–Crippen MR) is 119 cm³/mol. The minimum atomic E-state index is -0.329. The van der Waals surface area contributed by atoms with Crippen LogP contribution in [0.2, 0.25) is 0 Å². The number of fused-ring (bicyclic) bond motifs is 1. The topological polar surface area (TPSA) is 123 Å². The van der Waals surface area contributed by atoms with Gasteiger partial charge in [0.1, 0.15) is 22.6 Å². The second kappa shape index (κ2) is 10.4. The van der Waals surface area contributed by atoms with Crippen LogP contribution in [0.1, 0.15) is 37.3 Å². The van der Waals surface area contributed by atoms with E-state index in [0.717, 1.165) is 18.4 Å². The molecule has 10 heteroatoms. The largest absolute Gasteiger partial charge is 0.496 e. The fourth-order valence-electron chi connectivity index (χ4n) is 3.68. The molecule has 168 valence electrons. The Hall–Kier alpha value is -2.98. The van der Waals surface area contributed by atoms with Crippen LogP contribution in [0.25, 0.3) is 11.0 Å². The summed E-state index contributed by atoms with van der Waals surface area (Å²) in [7, 11) is 3.28. The number of hydrogen-bond donors (Lipinski definition) is 4. The van der Waals surface area contributed by atoms with Crippen molar-refractivity contribution in [3.8, 4) is 5.75 Å². The van der Waals surface area contributed by atoms with Crippen LogP contribution in [-0.2, 0) is 13.1 Å². The molecular formula is C21H30FN7O2. The predicted octanol–water partition coefficient (Wildman–Crippen LogP) is 2.29. The lowest BCUT2D eigenvalue weighted by Crippen LogP contribution is -2.22. The average molecular weight is 432 g/mol. The second-order valence-electron chi connectivity index (χ2n) is 7.39. The summed E-state index contributed by atoms with van der Waals surface area (Å²) >= 11 is 0. The van der Waals surface area contributed by atoms with Crippen molar-refractivity contribution < 1.29 is 14.2 Å². The molecule has 0 radical (unpaired) electrons. The molecule has 0 aliphatic rings. The number of aliphatic hydroxyl groups excluding tert-OH is 1. The van der Waals surface area contributed by atoms with E-state index < -0.39 is 0 Å². The Kier molecular flexibility index (Phi) is 7.59. The summed E-state index contributed by atoms with van der Waals surface area (Å²) < 4.78 is 21.5. The van der Waals surface area contributed by atoms with Crippen molar-refractivity contribution in [2.45, 2.75) is 45.3 Å². The second-order valence-corrected chi connectivity index (χ2v) is 7.39. The van der Waals surface area contributed by atoms with Gasteiger partial charge >= 0.3 is 0 Å². The third kappa shape index (κ3) is 5.20. The van der Waals surface area contributed by atoms with Gasteiger partial charge in [-0.1, -0.05) is 13.3 Å². The monoisotopic (exact) mass is 431 g/mol. The van der Waals surface area contributed by atoms with E-state index in [1.165, 1.54) is 13.2 Å². The van der Waals surface area contributed by atoms with Crippen molar-refractivity contribution in [3.63, 3.8) is 0 Å². The third-order valence-electron chi connectivity index (χ3n) is 5.10. The lowest BCUT2D eigenvalue weighted by Gasteiger charge is -2.19. The van der Waals surface area contributed by atoms with E-state index >= 15 is 0 Å². The summed E-state index contributed by atoms with van der Waals surface area (Å²) in [5, 5.41) is 20.2. The SMILES string of the molecule is CCC[C@@H](CCO)Nc1nc(N)nc2cnn(Cc3cc(CNC)c(F)cc3OC)c12. The minimum absolute atomic E-state index is 0.0402. The molecule has 2 aromatic heterocycles. The number of nitrogens with one attached hydrogen (secondary N) is 2. The fraction of sp³-hybridized carbons (Fsp3) is 0.476. The summed E-state index contributed by atoms with van der Waals surface area (Å²) in [6, 6.07) is 3.20. The van der Waals surface area contributed by atoms with Crippen molar-refractivity contribution in [2.24, 2.45) is 0 Å². The number of anilines is 2. The van der Waals surface area contributed by atoms with Gasteiger partial charge in [-0.2, -0.15) is 10.1 Å². The van der Waals surface area contributed by atoms with Crippen molar-refractivity contribution in [1.29, 1.82) is 0 Å². The normalized spacial score (nSPS) is 12.3. The standard InChI is InChI=1S/C21H30FN7O2/c1-4-5-15(6-7-30)26-20-19-17(27-21(23)28-20)11-25-29(19)12-14-8-13(10-24-2)16(22)9-18(14)31-3/h8-9,11,15,24,30H,4-7,10,12H2,1-3H3,(H3,23,26,27,28)/t15-/m0/s1. The lowest BCUT2D eigenvalue weighted by molar-refractivity contribution is 0.276. The van der Waals surface area contributed by atoms with E-state index in [9.17, 15) is 9.50 Å². The van der Waals surface area contributed by atoms with Gasteiger partial charge in [-0.3, -0.25) is 4.68 Å². The fourth-order valence-corrected chi connectivity index (χ4v) is 3.68. The maximum absolute atomic E-state index is 14.3. The first kappa shape index (κ1) is 22.7. The number of nitrogen functional groups attached to an aromatic ring is 1. The number of halogens is 1. The number of aromatic nitrogens is 4. The number of hydrogen-bond acceptors (Lipinski definition) is 8. The summed E-state index contributed by atoms with van der Waals surface area (Å²) in [5.74, 6) is 0.814. The van der Waals surface area contributed by atoms with Gasteiger partial charge in [-0.25, -0.2) is 9.37 Å². The number of benzene rings is 1. The Bertz CT molecular complexity index is 1020. The molecule has 0 amide bonds. The van der Waals surface area contributed by atoms with E-state index in [-0.39, 0.29) is 24.4 Å². The quantitative estimate of drug-likeness (QED) is 0.365. The first-order valence-corrected chi connectivity index (χ1v) is 10.4. The highest BCUT2D eigenvalue weighted by atomic mass is 19.1. The van der Waals surface area contributed by atoms with E-state index in [2.05, 4.69) is 32.6 Å². The summed E-state index contributed by atoms with van der Waals surface area (Å²) in [4.78, 5) is 8.69. The van der Waals surface area contributed by atoms with Crippen molar-refractivity contribution in [3.05, 3.63) is 35.3 Å². The van der Waals surface area contributed by atoms with Crippen LogP contribution in [0, 0.1) is 5.82 Å². The highest BCUT2D eigenvalue weighted by Gasteiger charge is 2.18. The molecule has 5 N–H and O–H groups in total. The van der Waals surface area contributed by atoms with Gasteiger partial charge in [0, 0.05) is 36.4 Å². The van der Waals surface area contributed by atoms with Crippen LogP contribution >= 0.6 is 0 Å². The van der Waals surface area contributed by atoms with E-state index in [4.69, 9.17) is 10.5 Å². The van der Waals surface area contributed by atoms with E-state index in [1.807, 2.05) is 0 Å². The Balaban J connectivity index is 2.03. The van der Waals surface area contributed by atoms with E-state index in [1.54, 1.807) is 24.0 Å². The summed E-state index contributed by atoms with van der Waals surface area (Å²) in [6.45, 7) is 2.89. The maximum Gasteiger partial charge on any atom is 0.222 e. The smallest absolute Gasteiger partial charge is 0.222 e. The Morgan fingerprint density at radius 1 is 1.26 bits per heavy atom. The van der Waals surface area contributed by atoms with Gasteiger partial charge in [0.05, 0.1) is 19.9 Å². The van der Waals surface area contributed by atoms with Crippen LogP contribution in [-0.4, -0.2) is 51.7 Å². The molecule has 0 saturated carbocycles. The maximum atomic E-state index is 14.3. The molecule has 0 unspecified atom stereocenters. The molecule has 0 aliphatic heterocycles. The van der Waals surface area contributed by atoms with Crippen LogP contribution in [0.4, 0.5) is 16.2 Å². The lowest BCUT2D eigenvalue weighted by atomic mass is 10.1. The summed E-state index contributed by atoms with van der Waals surface area (Å²) in [5.41, 5.74) is 8.52. The van der Waals surface area contributed by atoms with E-state index in [0.29, 0.717) is 47.7 Å². The zero-order chi connectivity index (χ0) is 22.4. The molecule has 0 fully saturated rings. The van der Waals surface area contributed by atoms with Gasteiger partial charge in [0.2, 0.25) is 5.95 Å². The number of aliphatic hydroxyl groups is 1. The highest BCUT2D eigenvalue weighted by Crippen LogP contribution is 2.28. The van der Waals surface area contributed by atoms with Gasteiger partial charge in [0.15, 0.2) is 5.82 Å². The zero-order valence-corrected chi connectivity index (χ0v) is 18.2. The minimum Gasteiger partial charge on any atom is -0.496 e. The third-order valence-corrected chi connectivity index (χ3v) is 5.10. The number of ether oxygens (including phenoxy) is 1. The Labute approximate surface area is 180 Å². The van der Waals surface area contributed by atoms with Gasteiger partial charge in [0.25, 0.3) is 0 Å². The van der Waals surface area contributed by atoms with Gasteiger partial charge in [-0.05, 0) is 26.0 Å². The highest BCUT2D eigenvalue weighted by molar-refractivity contribution is 5.86. The first-order chi connectivity index (χ1) is 15.0. The molecule has 3 aromatic rings. The molecule has 0 aliphatic carbocycles. The van der Waals surface area contributed by atoms with Gasteiger partial charge < -0.3 is 26.2 Å². The Morgan fingerprint density at radius 3 is 2.74 bits per heavy atom. The van der Waals surface area contributed by atoms with Crippen molar-refractivity contribution >= 4 is 22.8 Å². The molecule has 0 bridgehead atoms. The molecule has 2 heterocycles. The number of nitrogens with two attached hydrogens (primary N) is 1. The molecule has 3 rings (SSSR count). The van der Waals surface area contributed by atoms with Crippen LogP contribution < -0.4 is 21.1 Å². The number of nitrogens with zero attached hydrogens (tertiary/aromatic N) is 4. The Morgan fingerprint density at radius 2 is 2.06 bits per heavy atom. The molecular weight excluding hydrogens is 401 g/mol. The summed E-state index contributed by atoms with van der Waals surface area (Å²) in [6.07, 6.45) is 4.05. The molecule has 9 nitrogen and oxygen atoms in total. The zero-order valence-electron chi connectivity index (χ0n) is 18.2. The van der Waals surface area contributed by atoms with Crippen molar-refractivity contribution in [1.82, 2.24) is 25.1 Å². The molecule has 0 spiro atoms. The molecule has 1 aromatic carbocycles. The molecule has 0 saturated heterocycles.